The van der Waals surface area contributed by atoms with Gasteiger partial charge in [0.2, 0.25) is 0 Å². The second kappa shape index (κ2) is 8.10. The number of hydrogen-bond donors (Lipinski definition) is 0. The quantitative estimate of drug-likeness (QED) is 0.438. The number of fused-ring (bicyclic) bond motifs is 2. The summed E-state index contributed by atoms with van der Waals surface area (Å²) in [5.74, 6) is -0.249. The summed E-state index contributed by atoms with van der Waals surface area (Å²) in [7, 11) is 0. The Morgan fingerprint density at radius 1 is 0.971 bits per heavy atom. The van der Waals surface area contributed by atoms with Gasteiger partial charge in [0.05, 0.1) is 17.3 Å². The molecule has 3 aromatic rings. The lowest BCUT2D eigenvalue weighted by Gasteiger charge is -2.37. The first-order valence-corrected chi connectivity index (χ1v) is 11.0. The molecule has 0 unspecified atom stereocenters. The van der Waals surface area contributed by atoms with Crippen LogP contribution in [-0.4, -0.2) is 20.6 Å². The third-order valence-corrected chi connectivity index (χ3v) is 6.77. The van der Waals surface area contributed by atoms with E-state index in [9.17, 15) is 31.1 Å². The Balaban J connectivity index is 1.71. The molecule has 1 aliphatic carbocycles. The maximum atomic E-state index is 13.5. The molecule has 0 amide bonds. The van der Waals surface area contributed by atoms with E-state index in [1.807, 2.05) is 0 Å². The Morgan fingerprint density at radius 2 is 1.71 bits per heavy atom. The van der Waals surface area contributed by atoms with Crippen LogP contribution in [0.25, 0.3) is 5.69 Å². The Kier molecular flexibility index (Phi) is 5.41. The van der Waals surface area contributed by atoms with E-state index in [1.54, 1.807) is 31.2 Å². The number of hydrogen-bond acceptors (Lipinski definition) is 4. The number of alkyl halides is 6. The highest BCUT2D eigenvalue weighted by Crippen LogP contribution is 2.52. The zero-order valence-corrected chi connectivity index (χ0v) is 18.4. The van der Waals surface area contributed by atoms with Crippen molar-refractivity contribution in [3.05, 3.63) is 81.7 Å². The van der Waals surface area contributed by atoms with Gasteiger partial charge < -0.3 is 4.90 Å². The average Bonchev–Trinajstić information content (AvgIpc) is 3.40. The van der Waals surface area contributed by atoms with E-state index in [0.29, 0.717) is 24.6 Å². The van der Waals surface area contributed by atoms with Crippen LogP contribution in [0.3, 0.4) is 0 Å². The Bertz CT molecular complexity index is 1300. The number of anilines is 1. The molecule has 184 valence electrons. The minimum absolute atomic E-state index is 0.0247. The Labute approximate surface area is 196 Å². The number of para-hydroxylation sites is 1. The number of halogens is 6. The van der Waals surface area contributed by atoms with E-state index >= 15 is 0 Å². The molecule has 1 saturated carbocycles. The lowest BCUT2D eigenvalue weighted by atomic mass is 9.97. The molecule has 3 atom stereocenters. The molecular formula is C24H20F6N4O. The van der Waals surface area contributed by atoms with E-state index < -0.39 is 35.5 Å². The summed E-state index contributed by atoms with van der Waals surface area (Å²) >= 11 is 0. The fourth-order valence-corrected chi connectivity index (χ4v) is 5.29. The molecule has 5 rings (SSSR count). The smallest absolute Gasteiger partial charge is 0.343 e. The van der Waals surface area contributed by atoms with Crippen LogP contribution < -0.4 is 10.5 Å². The van der Waals surface area contributed by atoms with E-state index in [1.165, 1.54) is 21.7 Å². The van der Waals surface area contributed by atoms with Gasteiger partial charge in [-0.3, -0.25) is 9.36 Å². The molecule has 5 nitrogen and oxygen atoms in total. The van der Waals surface area contributed by atoms with Crippen molar-refractivity contribution in [2.75, 3.05) is 4.90 Å². The highest BCUT2D eigenvalue weighted by molar-refractivity contribution is 5.51. The fraction of sp³-hybridized carbons (Fsp3) is 0.375. The van der Waals surface area contributed by atoms with E-state index in [0.717, 1.165) is 12.0 Å². The SMILES string of the molecule is Cc1ccccc1-n1c([C@@H]2[C@H]3CC[C@H](C3)N2c2cc(C(F)(F)F)cc(C(F)(F)F)n2)nccc1=O. The van der Waals surface area contributed by atoms with Crippen molar-refractivity contribution in [2.45, 2.75) is 50.6 Å². The second-order valence-corrected chi connectivity index (χ2v) is 8.94. The van der Waals surface area contributed by atoms with Crippen LogP contribution in [0, 0.1) is 12.8 Å². The van der Waals surface area contributed by atoms with Crippen molar-refractivity contribution in [3.63, 3.8) is 0 Å². The van der Waals surface area contributed by atoms with E-state index in [4.69, 9.17) is 0 Å². The maximum Gasteiger partial charge on any atom is 0.433 e. The van der Waals surface area contributed by atoms with Crippen LogP contribution in [0.2, 0.25) is 0 Å². The topological polar surface area (TPSA) is 51.0 Å². The number of piperidine rings is 1. The van der Waals surface area contributed by atoms with Gasteiger partial charge >= 0.3 is 12.4 Å². The summed E-state index contributed by atoms with van der Waals surface area (Å²) in [6.07, 6.45) is -6.85. The Morgan fingerprint density at radius 3 is 2.40 bits per heavy atom. The molecule has 35 heavy (non-hydrogen) atoms. The third kappa shape index (κ3) is 4.06. The number of pyridine rings is 1. The van der Waals surface area contributed by atoms with Gasteiger partial charge in [-0.25, -0.2) is 9.97 Å². The first kappa shape index (κ1) is 23.4. The van der Waals surface area contributed by atoms with Gasteiger partial charge in [-0.1, -0.05) is 18.2 Å². The number of nitrogens with zero attached hydrogens (tertiary/aromatic N) is 4. The molecule has 0 radical (unpaired) electrons. The van der Waals surface area contributed by atoms with E-state index in [-0.39, 0.29) is 29.4 Å². The molecular weight excluding hydrogens is 474 g/mol. The standard InChI is InChI=1S/C24H20F6N4O/c1-13-4-2-3-5-17(13)34-20(35)8-9-31-22(34)21-14-6-7-16(10-14)33(21)19-12-15(23(25,26)27)11-18(32-19)24(28,29)30/h2-5,8-9,11-12,14,16,21H,6-7,10H2,1H3/t14-,16+,21-/m0/s1. The van der Waals surface area contributed by atoms with Crippen LogP contribution in [0.5, 0.6) is 0 Å². The maximum absolute atomic E-state index is 13.5. The molecule has 2 aromatic heterocycles. The summed E-state index contributed by atoms with van der Waals surface area (Å²) in [5, 5.41) is 0. The summed E-state index contributed by atoms with van der Waals surface area (Å²) in [6, 6.07) is 8.01. The summed E-state index contributed by atoms with van der Waals surface area (Å²) in [6.45, 7) is 1.81. The van der Waals surface area contributed by atoms with Crippen molar-refractivity contribution in [2.24, 2.45) is 5.92 Å². The third-order valence-electron chi connectivity index (χ3n) is 6.77. The normalized spacial score (nSPS) is 22.1. The van der Waals surface area contributed by atoms with Gasteiger partial charge in [-0.05, 0) is 55.9 Å². The second-order valence-electron chi connectivity index (χ2n) is 8.94. The highest BCUT2D eigenvalue weighted by Gasteiger charge is 2.50. The van der Waals surface area contributed by atoms with Crippen LogP contribution in [0.15, 0.2) is 53.5 Å². The number of aromatic nitrogens is 3. The minimum Gasteiger partial charge on any atom is -0.343 e. The zero-order valence-electron chi connectivity index (χ0n) is 18.4. The van der Waals surface area contributed by atoms with Crippen molar-refractivity contribution in [1.82, 2.24) is 14.5 Å². The molecule has 2 aliphatic rings. The van der Waals surface area contributed by atoms with Crippen molar-refractivity contribution >= 4 is 5.82 Å². The predicted molar refractivity (Wildman–Crippen MR) is 115 cm³/mol. The minimum atomic E-state index is -5.06. The first-order chi connectivity index (χ1) is 16.4. The molecule has 11 heteroatoms. The number of rotatable bonds is 3. The average molecular weight is 494 g/mol. The van der Waals surface area contributed by atoms with Gasteiger partial charge in [0.1, 0.15) is 17.3 Å². The van der Waals surface area contributed by atoms with Gasteiger partial charge in [0.25, 0.3) is 5.56 Å². The molecule has 2 bridgehead atoms. The molecule has 2 fully saturated rings. The van der Waals surface area contributed by atoms with Crippen LogP contribution in [-0.2, 0) is 12.4 Å². The monoisotopic (exact) mass is 494 g/mol. The molecule has 3 heterocycles. The van der Waals surface area contributed by atoms with Gasteiger partial charge in [-0.2, -0.15) is 26.3 Å². The van der Waals surface area contributed by atoms with Crippen molar-refractivity contribution < 1.29 is 26.3 Å². The summed E-state index contributed by atoms with van der Waals surface area (Å²) in [5.41, 5.74) is -2.10. The van der Waals surface area contributed by atoms with Gasteiger partial charge in [0.15, 0.2) is 0 Å². The van der Waals surface area contributed by atoms with Crippen molar-refractivity contribution in [3.8, 4) is 5.69 Å². The summed E-state index contributed by atoms with van der Waals surface area (Å²) < 4.78 is 82.5. The first-order valence-electron chi connectivity index (χ1n) is 11.0. The van der Waals surface area contributed by atoms with Crippen molar-refractivity contribution in [1.29, 1.82) is 0 Å². The molecule has 1 saturated heterocycles. The van der Waals surface area contributed by atoms with Crippen LogP contribution >= 0.6 is 0 Å². The summed E-state index contributed by atoms with van der Waals surface area (Å²) in [4.78, 5) is 22.5. The number of benzene rings is 1. The van der Waals surface area contributed by atoms with Gasteiger partial charge in [-0.15, -0.1) is 0 Å². The van der Waals surface area contributed by atoms with Gasteiger partial charge in [0, 0.05) is 18.3 Å². The van der Waals surface area contributed by atoms with Crippen LogP contribution in [0.4, 0.5) is 32.2 Å². The highest BCUT2D eigenvalue weighted by atomic mass is 19.4. The lowest BCUT2D eigenvalue weighted by Crippen LogP contribution is -2.39. The zero-order chi connectivity index (χ0) is 25.1. The van der Waals surface area contributed by atoms with Crippen LogP contribution in [0.1, 0.15) is 47.9 Å². The number of aryl methyl sites for hydroxylation is 1. The lowest BCUT2D eigenvalue weighted by molar-refractivity contribution is -0.145. The molecule has 1 aromatic carbocycles. The van der Waals surface area contributed by atoms with E-state index in [2.05, 4.69) is 9.97 Å². The molecule has 0 N–H and O–H groups in total. The largest absolute Gasteiger partial charge is 0.433 e. The predicted octanol–water partition coefficient (Wildman–Crippen LogP) is 5.70. The molecule has 0 spiro atoms. The fourth-order valence-electron chi connectivity index (χ4n) is 5.29. The Hall–Kier alpha value is -3.37. The molecule has 1 aliphatic heterocycles.